The Morgan fingerprint density at radius 1 is 1.12 bits per heavy atom. The summed E-state index contributed by atoms with van der Waals surface area (Å²) in [6, 6.07) is 3.78. The molecule has 2 N–H and O–H groups in total. The lowest BCUT2D eigenvalue weighted by Crippen LogP contribution is -2.06. The van der Waals surface area contributed by atoms with Crippen LogP contribution in [0.4, 0.5) is 18.9 Å². The standard InChI is InChI=1S/C12H16F3N/c1-2-3-4-5-9-6-10(12(13,14)15)8-11(16)7-9/h6-8H,2-5,16H2,1H3. The van der Waals surface area contributed by atoms with E-state index in [9.17, 15) is 13.2 Å². The Morgan fingerprint density at radius 2 is 1.81 bits per heavy atom. The van der Waals surface area contributed by atoms with Crippen molar-refractivity contribution in [3.8, 4) is 0 Å². The number of halogens is 3. The Labute approximate surface area is 93.5 Å². The van der Waals surface area contributed by atoms with Gasteiger partial charge in [-0.05, 0) is 36.6 Å². The number of nitrogens with two attached hydrogens (primary N) is 1. The molecule has 16 heavy (non-hydrogen) atoms. The van der Waals surface area contributed by atoms with Crippen LogP contribution in [0, 0.1) is 0 Å². The van der Waals surface area contributed by atoms with Crippen molar-refractivity contribution < 1.29 is 13.2 Å². The zero-order valence-corrected chi connectivity index (χ0v) is 9.27. The highest BCUT2D eigenvalue weighted by Crippen LogP contribution is 2.31. The fraction of sp³-hybridized carbons (Fsp3) is 0.500. The molecule has 4 heteroatoms. The topological polar surface area (TPSA) is 26.0 Å². The third kappa shape index (κ3) is 3.76. The van der Waals surface area contributed by atoms with Gasteiger partial charge in [-0.3, -0.25) is 0 Å². The first-order chi connectivity index (χ1) is 7.43. The molecular formula is C12H16F3N. The Bertz CT molecular complexity index is 345. The summed E-state index contributed by atoms with van der Waals surface area (Å²) in [5.41, 5.74) is 5.66. The molecule has 0 aliphatic heterocycles. The molecular weight excluding hydrogens is 215 g/mol. The van der Waals surface area contributed by atoms with E-state index in [4.69, 9.17) is 5.73 Å². The molecule has 0 aliphatic rings. The second-order valence-electron chi connectivity index (χ2n) is 3.92. The average Bonchev–Trinajstić information content (AvgIpc) is 2.16. The summed E-state index contributed by atoms with van der Waals surface area (Å²) in [6.07, 6.45) is -0.682. The van der Waals surface area contributed by atoms with Gasteiger partial charge in [0.15, 0.2) is 0 Å². The van der Waals surface area contributed by atoms with Gasteiger partial charge < -0.3 is 5.73 Å². The van der Waals surface area contributed by atoms with Crippen molar-refractivity contribution in [2.75, 3.05) is 5.73 Å². The highest BCUT2D eigenvalue weighted by Gasteiger charge is 2.30. The summed E-state index contributed by atoms with van der Waals surface area (Å²) >= 11 is 0. The molecule has 0 spiro atoms. The predicted octanol–water partition coefficient (Wildman–Crippen LogP) is 4.02. The number of anilines is 1. The van der Waals surface area contributed by atoms with E-state index in [1.807, 2.05) is 0 Å². The summed E-state index contributed by atoms with van der Waals surface area (Å²) in [4.78, 5) is 0. The molecule has 0 radical (unpaired) electrons. The van der Waals surface area contributed by atoms with Crippen molar-refractivity contribution in [3.05, 3.63) is 29.3 Å². The van der Waals surface area contributed by atoms with Gasteiger partial charge in [-0.1, -0.05) is 19.8 Å². The van der Waals surface area contributed by atoms with Gasteiger partial charge in [-0.2, -0.15) is 13.2 Å². The highest BCUT2D eigenvalue weighted by molar-refractivity contribution is 5.45. The first-order valence-corrected chi connectivity index (χ1v) is 5.40. The maximum atomic E-state index is 12.5. The zero-order chi connectivity index (χ0) is 12.2. The largest absolute Gasteiger partial charge is 0.416 e. The molecule has 0 aliphatic carbocycles. The fourth-order valence-corrected chi connectivity index (χ4v) is 1.61. The molecule has 0 bridgehead atoms. The van der Waals surface area contributed by atoms with Gasteiger partial charge in [0.1, 0.15) is 0 Å². The zero-order valence-electron chi connectivity index (χ0n) is 9.27. The molecule has 0 heterocycles. The van der Waals surface area contributed by atoms with Crippen molar-refractivity contribution >= 4 is 5.69 Å². The minimum atomic E-state index is -4.31. The van der Waals surface area contributed by atoms with E-state index >= 15 is 0 Å². The summed E-state index contributed by atoms with van der Waals surface area (Å²) < 4.78 is 37.4. The number of aryl methyl sites for hydroxylation is 1. The number of rotatable bonds is 4. The molecule has 1 nitrogen and oxygen atoms in total. The van der Waals surface area contributed by atoms with Crippen molar-refractivity contribution in [2.45, 2.75) is 38.8 Å². The van der Waals surface area contributed by atoms with Gasteiger partial charge in [-0.15, -0.1) is 0 Å². The smallest absolute Gasteiger partial charge is 0.399 e. The van der Waals surface area contributed by atoms with Crippen LogP contribution in [-0.4, -0.2) is 0 Å². The maximum Gasteiger partial charge on any atom is 0.416 e. The second kappa shape index (κ2) is 5.23. The van der Waals surface area contributed by atoms with Crippen LogP contribution < -0.4 is 5.73 Å². The minimum absolute atomic E-state index is 0.182. The van der Waals surface area contributed by atoms with Crippen LogP contribution in [0.2, 0.25) is 0 Å². The molecule has 1 rings (SSSR count). The lowest BCUT2D eigenvalue weighted by molar-refractivity contribution is -0.137. The van der Waals surface area contributed by atoms with Gasteiger partial charge >= 0.3 is 6.18 Å². The van der Waals surface area contributed by atoms with Crippen LogP contribution in [0.5, 0.6) is 0 Å². The monoisotopic (exact) mass is 231 g/mol. The number of unbranched alkanes of at least 4 members (excludes halogenated alkanes) is 2. The van der Waals surface area contributed by atoms with Gasteiger partial charge in [0.2, 0.25) is 0 Å². The van der Waals surface area contributed by atoms with Crippen molar-refractivity contribution in [3.63, 3.8) is 0 Å². The fourth-order valence-electron chi connectivity index (χ4n) is 1.61. The van der Waals surface area contributed by atoms with E-state index in [2.05, 4.69) is 6.92 Å². The van der Waals surface area contributed by atoms with Gasteiger partial charge in [0.05, 0.1) is 5.56 Å². The molecule has 1 aromatic carbocycles. The molecule has 0 saturated carbocycles. The van der Waals surface area contributed by atoms with Gasteiger partial charge in [0, 0.05) is 5.69 Å². The summed E-state index contributed by atoms with van der Waals surface area (Å²) in [6.45, 7) is 2.06. The molecule has 1 aromatic rings. The van der Waals surface area contributed by atoms with Crippen LogP contribution >= 0.6 is 0 Å². The van der Waals surface area contributed by atoms with Crippen LogP contribution in [0.3, 0.4) is 0 Å². The third-order valence-electron chi connectivity index (χ3n) is 2.41. The van der Waals surface area contributed by atoms with Crippen LogP contribution in [0.15, 0.2) is 18.2 Å². The predicted molar refractivity (Wildman–Crippen MR) is 59.1 cm³/mol. The van der Waals surface area contributed by atoms with Crippen molar-refractivity contribution in [1.29, 1.82) is 0 Å². The highest BCUT2D eigenvalue weighted by atomic mass is 19.4. The van der Waals surface area contributed by atoms with Gasteiger partial charge in [-0.25, -0.2) is 0 Å². The lowest BCUT2D eigenvalue weighted by atomic mass is 10.0. The summed E-state index contributed by atoms with van der Waals surface area (Å²) in [5, 5.41) is 0. The number of hydrogen-bond acceptors (Lipinski definition) is 1. The Hall–Kier alpha value is -1.19. The number of hydrogen-bond donors (Lipinski definition) is 1. The van der Waals surface area contributed by atoms with E-state index < -0.39 is 11.7 Å². The molecule has 0 unspecified atom stereocenters. The van der Waals surface area contributed by atoms with Crippen LogP contribution in [0.1, 0.15) is 37.3 Å². The quantitative estimate of drug-likeness (QED) is 0.614. The van der Waals surface area contributed by atoms with Gasteiger partial charge in [0.25, 0.3) is 0 Å². The van der Waals surface area contributed by atoms with E-state index in [1.165, 1.54) is 6.07 Å². The van der Waals surface area contributed by atoms with E-state index in [0.717, 1.165) is 25.3 Å². The Balaban J connectivity index is 2.82. The molecule has 0 amide bonds. The second-order valence-corrected chi connectivity index (χ2v) is 3.92. The average molecular weight is 231 g/mol. The van der Waals surface area contributed by atoms with Crippen molar-refractivity contribution in [2.24, 2.45) is 0 Å². The first kappa shape index (κ1) is 12.9. The summed E-state index contributed by atoms with van der Waals surface area (Å²) in [7, 11) is 0. The van der Waals surface area contributed by atoms with Crippen LogP contribution in [0.25, 0.3) is 0 Å². The molecule has 0 aromatic heterocycles. The number of benzene rings is 1. The normalized spacial score (nSPS) is 11.8. The van der Waals surface area contributed by atoms with E-state index in [0.29, 0.717) is 12.0 Å². The number of nitrogen functional groups attached to an aromatic ring is 1. The minimum Gasteiger partial charge on any atom is -0.399 e. The first-order valence-electron chi connectivity index (χ1n) is 5.40. The Morgan fingerprint density at radius 3 is 2.38 bits per heavy atom. The lowest BCUT2D eigenvalue weighted by Gasteiger charge is -2.10. The Kier molecular flexibility index (Phi) is 4.21. The molecule has 90 valence electrons. The van der Waals surface area contributed by atoms with Crippen molar-refractivity contribution in [1.82, 2.24) is 0 Å². The van der Waals surface area contributed by atoms with Crippen LogP contribution in [-0.2, 0) is 12.6 Å². The SMILES string of the molecule is CCCCCc1cc(N)cc(C(F)(F)F)c1. The summed E-state index contributed by atoms with van der Waals surface area (Å²) in [5.74, 6) is 0. The van der Waals surface area contributed by atoms with E-state index in [1.54, 1.807) is 6.07 Å². The molecule has 0 atom stereocenters. The van der Waals surface area contributed by atoms with E-state index in [-0.39, 0.29) is 5.69 Å². The molecule has 0 saturated heterocycles. The third-order valence-corrected chi connectivity index (χ3v) is 2.41. The number of alkyl halides is 3. The maximum absolute atomic E-state index is 12.5. The molecule has 0 fully saturated rings.